The fourth-order valence-electron chi connectivity index (χ4n) is 6.22. The smallest absolute Gasteiger partial charge is 0.417 e. The molecular weight excluding hydrogens is 513 g/mol. The molecule has 8 nitrogen and oxygen atoms in total. The number of aromatic nitrogens is 1. The van der Waals surface area contributed by atoms with Gasteiger partial charge in [-0.1, -0.05) is 6.42 Å². The molecule has 2 aromatic rings. The highest BCUT2D eigenvalue weighted by Crippen LogP contribution is 2.37. The van der Waals surface area contributed by atoms with Gasteiger partial charge in [0.25, 0.3) is 5.91 Å². The third-order valence-corrected chi connectivity index (χ3v) is 8.36. The molecule has 0 radical (unpaired) electrons. The molecule has 206 valence electrons. The number of rotatable bonds is 5. The molecule has 11 heteroatoms. The molecule has 1 unspecified atom stereocenters. The predicted molar refractivity (Wildman–Crippen MR) is 133 cm³/mol. The number of nitrogens with zero attached hydrogens (tertiary/aromatic N) is 3. The number of imide groups is 1. The van der Waals surface area contributed by atoms with Crippen LogP contribution in [0.3, 0.4) is 0 Å². The summed E-state index contributed by atoms with van der Waals surface area (Å²) in [4.78, 5) is 44.7. The number of hydrogen-bond donors (Lipinski definition) is 1. The van der Waals surface area contributed by atoms with Crippen LogP contribution in [0.4, 0.5) is 13.2 Å². The highest BCUT2D eigenvalue weighted by Gasteiger charge is 2.41. The van der Waals surface area contributed by atoms with E-state index < -0.39 is 23.7 Å². The first-order valence-corrected chi connectivity index (χ1v) is 13.4. The monoisotopic (exact) mass is 542 g/mol. The largest absolute Gasteiger partial charge is 0.489 e. The quantitative estimate of drug-likeness (QED) is 0.580. The average molecular weight is 543 g/mol. The number of benzene rings is 1. The summed E-state index contributed by atoms with van der Waals surface area (Å²) in [5.74, 6) is -0.204. The molecule has 1 aromatic carbocycles. The van der Waals surface area contributed by atoms with Crippen molar-refractivity contribution >= 4 is 17.7 Å². The van der Waals surface area contributed by atoms with Crippen LogP contribution in [-0.4, -0.2) is 63.8 Å². The van der Waals surface area contributed by atoms with Crippen molar-refractivity contribution in [2.45, 2.75) is 75.4 Å². The number of carbonyl (C=O) groups excluding carboxylic acids is 3. The van der Waals surface area contributed by atoms with Gasteiger partial charge in [0, 0.05) is 55.5 Å². The molecule has 1 N–H and O–H groups in total. The summed E-state index contributed by atoms with van der Waals surface area (Å²) in [5, 5.41) is 2.32. The topological polar surface area (TPSA) is 91.8 Å². The van der Waals surface area contributed by atoms with Gasteiger partial charge in [-0.2, -0.15) is 13.2 Å². The highest BCUT2D eigenvalue weighted by atomic mass is 19.4. The van der Waals surface area contributed by atoms with E-state index >= 15 is 0 Å². The molecule has 0 bridgehead atoms. The molecular formula is C28H29F3N4O4. The summed E-state index contributed by atoms with van der Waals surface area (Å²) in [6, 6.07) is 7.51. The highest BCUT2D eigenvalue weighted by molar-refractivity contribution is 6.05. The lowest BCUT2D eigenvalue weighted by molar-refractivity contribution is -0.138. The van der Waals surface area contributed by atoms with E-state index in [0.717, 1.165) is 56.6 Å². The Labute approximate surface area is 223 Å². The lowest BCUT2D eigenvalue weighted by Gasteiger charge is -2.48. The first kappa shape index (κ1) is 25.8. The van der Waals surface area contributed by atoms with Gasteiger partial charge in [0.2, 0.25) is 11.8 Å². The molecule has 3 amide bonds. The molecule has 3 atom stereocenters. The number of carbonyl (C=O) groups is 3. The van der Waals surface area contributed by atoms with Crippen LogP contribution in [0.1, 0.15) is 71.6 Å². The molecule has 39 heavy (non-hydrogen) atoms. The fourth-order valence-corrected chi connectivity index (χ4v) is 6.22. The van der Waals surface area contributed by atoms with Gasteiger partial charge < -0.3 is 9.64 Å². The Balaban J connectivity index is 1.09. The van der Waals surface area contributed by atoms with Crippen LogP contribution in [0.25, 0.3) is 0 Å². The van der Waals surface area contributed by atoms with Crippen molar-refractivity contribution in [3.05, 3.63) is 58.9 Å². The van der Waals surface area contributed by atoms with Crippen LogP contribution in [-0.2, 0) is 22.3 Å². The Morgan fingerprint density at radius 1 is 1.00 bits per heavy atom. The van der Waals surface area contributed by atoms with Crippen LogP contribution >= 0.6 is 0 Å². The molecule has 0 spiro atoms. The zero-order chi connectivity index (χ0) is 27.3. The van der Waals surface area contributed by atoms with Crippen LogP contribution < -0.4 is 10.1 Å². The Kier molecular flexibility index (Phi) is 6.57. The number of likely N-dealkylation sites (tertiary alicyclic amines) is 1. The number of hydrogen-bond acceptors (Lipinski definition) is 6. The van der Waals surface area contributed by atoms with E-state index in [1.54, 1.807) is 12.1 Å². The number of nitrogens with one attached hydrogen (secondary N) is 1. The number of ether oxygens (including phenoxy) is 1. The average Bonchev–Trinajstić information content (AvgIpc) is 3.19. The maximum absolute atomic E-state index is 13.0. The first-order valence-electron chi connectivity index (χ1n) is 13.4. The van der Waals surface area contributed by atoms with Crippen molar-refractivity contribution < 1.29 is 32.3 Å². The van der Waals surface area contributed by atoms with Crippen molar-refractivity contribution in [2.75, 3.05) is 13.1 Å². The molecule has 3 aliphatic heterocycles. The molecule has 4 heterocycles. The minimum Gasteiger partial charge on any atom is -0.489 e. The maximum Gasteiger partial charge on any atom is 0.417 e. The minimum absolute atomic E-state index is 0.0401. The van der Waals surface area contributed by atoms with Crippen LogP contribution in [0.15, 0.2) is 36.5 Å². The van der Waals surface area contributed by atoms with Crippen molar-refractivity contribution in [2.24, 2.45) is 0 Å². The third-order valence-electron chi connectivity index (χ3n) is 8.36. The van der Waals surface area contributed by atoms with E-state index in [4.69, 9.17) is 4.74 Å². The summed E-state index contributed by atoms with van der Waals surface area (Å²) in [6.07, 6.45) is 1.00. The molecule has 4 aliphatic rings. The fraction of sp³-hybridized carbons (Fsp3) is 0.500. The zero-order valence-electron chi connectivity index (χ0n) is 21.2. The number of pyridine rings is 1. The number of piperidine rings is 1. The summed E-state index contributed by atoms with van der Waals surface area (Å²) in [7, 11) is 0. The van der Waals surface area contributed by atoms with Crippen molar-refractivity contribution in [3.63, 3.8) is 0 Å². The molecule has 1 aliphatic carbocycles. The van der Waals surface area contributed by atoms with E-state index in [1.807, 2.05) is 6.07 Å². The first-order chi connectivity index (χ1) is 18.7. The third kappa shape index (κ3) is 4.99. The summed E-state index contributed by atoms with van der Waals surface area (Å²) < 4.78 is 45.0. The van der Waals surface area contributed by atoms with E-state index in [0.29, 0.717) is 30.0 Å². The van der Waals surface area contributed by atoms with Crippen molar-refractivity contribution in [1.29, 1.82) is 0 Å². The van der Waals surface area contributed by atoms with Crippen LogP contribution in [0.5, 0.6) is 5.75 Å². The van der Waals surface area contributed by atoms with Gasteiger partial charge in [-0.05, 0) is 61.6 Å². The maximum atomic E-state index is 13.0. The second kappa shape index (κ2) is 9.93. The van der Waals surface area contributed by atoms with E-state index in [2.05, 4.69) is 15.2 Å². The number of fused-ring (bicyclic) bond motifs is 1. The lowest BCUT2D eigenvalue weighted by Crippen LogP contribution is -2.57. The Bertz CT molecular complexity index is 1290. The Morgan fingerprint density at radius 3 is 2.51 bits per heavy atom. The van der Waals surface area contributed by atoms with E-state index in [1.165, 1.54) is 11.0 Å². The van der Waals surface area contributed by atoms with Gasteiger partial charge in [-0.15, -0.1) is 0 Å². The SMILES string of the molecule is O=C1CCC(N2Cc3cc(O[C@H]4CCCC[C@H]4N4CC(c5ccc(C(F)(F)F)cn5)C4)ccc3C2=O)C(=O)N1. The lowest BCUT2D eigenvalue weighted by atomic mass is 9.85. The molecule has 1 aromatic heterocycles. The zero-order valence-corrected chi connectivity index (χ0v) is 21.2. The molecule has 2 saturated heterocycles. The summed E-state index contributed by atoms with van der Waals surface area (Å²) in [6.45, 7) is 1.74. The van der Waals surface area contributed by atoms with Gasteiger partial charge in [0.1, 0.15) is 17.9 Å². The van der Waals surface area contributed by atoms with Gasteiger partial charge in [0.05, 0.1) is 5.56 Å². The van der Waals surface area contributed by atoms with Crippen LogP contribution in [0, 0.1) is 0 Å². The van der Waals surface area contributed by atoms with Gasteiger partial charge in [-0.3, -0.25) is 29.6 Å². The van der Waals surface area contributed by atoms with Crippen molar-refractivity contribution in [3.8, 4) is 5.75 Å². The van der Waals surface area contributed by atoms with Gasteiger partial charge >= 0.3 is 6.18 Å². The van der Waals surface area contributed by atoms with Crippen LogP contribution in [0.2, 0.25) is 0 Å². The number of amides is 3. The van der Waals surface area contributed by atoms with E-state index in [9.17, 15) is 27.6 Å². The standard InChI is InChI=1S/C28H29F3N4O4/c29-28(30,31)18-5-8-21(32-12-18)17-13-34(14-17)22-3-1-2-4-24(22)39-19-6-7-20-16(11-19)15-35(27(20)38)23-9-10-25(36)33-26(23)37/h5-8,11-12,17,22-24H,1-4,9-10,13-15H2,(H,33,36,37)/t22-,23?,24+/m1/s1. The Hall–Kier alpha value is -3.47. The Morgan fingerprint density at radius 2 is 1.79 bits per heavy atom. The number of halogens is 3. The molecule has 3 fully saturated rings. The normalized spacial score (nSPS) is 26.3. The predicted octanol–water partition coefficient (Wildman–Crippen LogP) is 3.65. The van der Waals surface area contributed by atoms with E-state index in [-0.39, 0.29) is 36.3 Å². The second-order valence-corrected chi connectivity index (χ2v) is 10.8. The molecule has 6 rings (SSSR count). The van der Waals surface area contributed by atoms with Crippen molar-refractivity contribution in [1.82, 2.24) is 20.1 Å². The van der Waals surface area contributed by atoms with Gasteiger partial charge in [-0.25, -0.2) is 0 Å². The summed E-state index contributed by atoms with van der Waals surface area (Å²) in [5.41, 5.74) is 1.28. The molecule has 1 saturated carbocycles. The van der Waals surface area contributed by atoms with Gasteiger partial charge in [0.15, 0.2) is 0 Å². The second-order valence-electron chi connectivity index (χ2n) is 10.8. The summed E-state index contributed by atoms with van der Waals surface area (Å²) >= 11 is 0. The minimum atomic E-state index is -4.39. The number of alkyl halides is 3.